The van der Waals surface area contributed by atoms with Crippen molar-refractivity contribution in [1.82, 2.24) is 10.2 Å². The Bertz CT molecular complexity index is 274. The number of hydrogen-bond donors (Lipinski definition) is 2. The smallest absolute Gasteiger partial charge is 0.0798 e. The molecule has 0 radical (unpaired) electrons. The van der Waals surface area contributed by atoms with Crippen LogP contribution < -0.4 is 5.32 Å². The maximum absolute atomic E-state index is 10.7. The van der Waals surface area contributed by atoms with Gasteiger partial charge in [0.25, 0.3) is 0 Å². The van der Waals surface area contributed by atoms with Gasteiger partial charge >= 0.3 is 0 Å². The minimum atomic E-state index is -0.412. The summed E-state index contributed by atoms with van der Waals surface area (Å²) in [5.41, 5.74) is -0.412. The van der Waals surface area contributed by atoms with Crippen LogP contribution in [0.4, 0.5) is 0 Å². The lowest BCUT2D eigenvalue weighted by Gasteiger charge is -2.47. The molecule has 2 aliphatic heterocycles. The fourth-order valence-electron chi connectivity index (χ4n) is 4.35. The predicted octanol–water partition coefficient (Wildman–Crippen LogP) is 1.76. The monoisotopic (exact) mass is 252 g/mol. The number of fused-ring (bicyclic) bond motifs is 1. The summed E-state index contributed by atoms with van der Waals surface area (Å²) in [6.45, 7) is 4.11. The first-order valence-corrected chi connectivity index (χ1v) is 7.94. The molecule has 2 atom stereocenters. The first-order chi connectivity index (χ1) is 8.77. The molecule has 0 aromatic carbocycles. The quantitative estimate of drug-likeness (QED) is 0.786. The molecule has 0 aromatic heterocycles. The van der Waals surface area contributed by atoms with Gasteiger partial charge in [-0.25, -0.2) is 0 Å². The number of nitrogens with one attached hydrogen (secondary N) is 1. The fraction of sp³-hybridized carbons (Fsp3) is 1.00. The first kappa shape index (κ1) is 12.9. The fourth-order valence-corrected chi connectivity index (χ4v) is 4.35. The number of piperidine rings is 2. The van der Waals surface area contributed by atoms with Gasteiger partial charge in [-0.05, 0) is 64.1 Å². The predicted molar refractivity (Wildman–Crippen MR) is 73.6 cm³/mol. The molecular weight excluding hydrogens is 224 g/mol. The zero-order chi connectivity index (χ0) is 12.4. The number of β-amino-alcohol motifs (C(OH)–C–C–N with tert-alkyl or cyclic N) is 1. The Hall–Kier alpha value is -0.120. The highest BCUT2D eigenvalue weighted by atomic mass is 16.3. The summed E-state index contributed by atoms with van der Waals surface area (Å²) in [4.78, 5) is 2.64. The van der Waals surface area contributed by atoms with Crippen LogP contribution in [-0.2, 0) is 0 Å². The molecule has 1 saturated carbocycles. The van der Waals surface area contributed by atoms with Crippen molar-refractivity contribution in [2.24, 2.45) is 5.92 Å². The van der Waals surface area contributed by atoms with E-state index in [1.54, 1.807) is 0 Å². The van der Waals surface area contributed by atoms with Gasteiger partial charge in [-0.15, -0.1) is 0 Å². The average molecular weight is 252 g/mol. The maximum Gasteiger partial charge on any atom is 0.0798 e. The van der Waals surface area contributed by atoms with Gasteiger partial charge in [-0.2, -0.15) is 0 Å². The zero-order valence-electron chi connectivity index (χ0n) is 11.5. The number of nitrogens with zero attached hydrogens (tertiary/aromatic N) is 1. The van der Waals surface area contributed by atoms with Gasteiger partial charge in [-0.1, -0.05) is 12.8 Å². The molecule has 2 saturated heterocycles. The molecule has 3 rings (SSSR count). The minimum absolute atomic E-state index is 0.412. The van der Waals surface area contributed by atoms with Gasteiger partial charge in [0.1, 0.15) is 0 Å². The zero-order valence-corrected chi connectivity index (χ0v) is 11.5. The standard InChI is InChI=1S/C15H28N2O/c18-15(7-9-16-10-8-15)12-17-11-3-5-13-4-1-2-6-14(13)17/h13-14,16,18H,1-12H2. The van der Waals surface area contributed by atoms with Crippen molar-refractivity contribution < 1.29 is 5.11 Å². The van der Waals surface area contributed by atoms with Crippen LogP contribution in [0.5, 0.6) is 0 Å². The molecule has 0 spiro atoms. The summed E-state index contributed by atoms with van der Waals surface area (Å²) in [5, 5.41) is 14.1. The number of aliphatic hydroxyl groups is 1. The van der Waals surface area contributed by atoms with Crippen LogP contribution >= 0.6 is 0 Å². The third-order valence-corrected chi connectivity index (χ3v) is 5.39. The van der Waals surface area contributed by atoms with E-state index in [-0.39, 0.29) is 0 Å². The van der Waals surface area contributed by atoms with Gasteiger partial charge in [-0.3, -0.25) is 4.90 Å². The molecule has 0 bridgehead atoms. The Balaban J connectivity index is 1.63. The van der Waals surface area contributed by atoms with Gasteiger partial charge in [0, 0.05) is 12.6 Å². The summed E-state index contributed by atoms with van der Waals surface area (Å²) in [6.07, 6.45) is 10.3. The second-order valence-corrected chi connectivity index (χ2v) is 6.70. The Labute approximate surface area is 111 Å². The SMILES string of the molecule is OC1(CN2CCCC3CCCCC32)CCNCC1. The molecule has 18 heavy (non-hydrogen) atoms. The van der Waals surface area contributed by atoms with Crippen molar-refractivity contribution in [2.45, 2.75) is 63.0 Å². The largest absolute Gasteiger partial charge is 0.388 e. The van der Waals surface area contributed by atoms with E-state index in [2.05, 4.69) is 10.2 Å². The van der Waals surface area contributed by atoms with Crippen molar-refractivity contribution >= 4 is 0 Å². The molecule has 2 N–H and O–H groups in total. The van der Waals surface area contributed by atoms with Crippen LogP contribution in [0, 0.1) is 5.92 Å². The van der Waals surface area contributed by atoms with E-state index in [0.717, 1.165) is 44.4 Å². The Morgan fingerprint density at radius 2 is 1.78 bits per heavy atom. The molecule has 0 aromatic rings. The molecule has 2 unspecified atom stereocenters. The summed E-state index contributed by atoms with van der Waals surface area (Å²) >= 11 is 0. The molecule has 2 heterocycles. The third-order valence-electron chi connectivity index (χ3n) is 5.39. The highest BCUT2D eigenvalue weighted by Gasteiger charge is 2.38. The van der Waals surface area contributed by atoms with Crippen LogP contribution in [0.1, 0.15) is 51.4 Å². The van der Waals surface area contributed by atoms with Gasteiger partial charge in [0.05, 0.1) is 5.60 Å². The van der Waals surface area contributed by atoms with Crippen molar-refractivity contribution in [3.63, 3.8) is 0 Å². The topological polar surface area (TPSA) is 35.5 Å². The maximum atomic E-state index is 10.7. The van der Waals surface area contributed by atoms with Gasteiger partial charge < -0.3 is 10.4 Å². The van der Waals surface area contributed by atoms with E-state index < -0.39 is 5.60 Å². The van der Waals surface area contributed by atoms with Crippen molar-refractivity contribution in [3.05, 3.63) is 0 Å². The van der Waals surface area contributed by atoms with E-state index >= 15 is 0 Å². The Morgan fingerprint density at radius 1 is 1.06 bits per heavy atom. The molecule has 3 aliphatic rings. The van der Waals surface area contributed by atoms with Crippen LogP contribution in [0.25, 0.3) is 0 Å². The number of rotatable bonds is 2. The van der Waals surface area contributed by atoms with Crippen molar-refractivity contribution in [2.75, 3.05) is 26.2 Å². The highest BCUT2D eigenvalue weighted by molar-refractivity contribution is 4.93. The first-order valence-electron chi connectivity index (χ1n) is 7.94. The molecule has 1 aliphatic carbocycles. The van der Waals surface area contributed by atoms with E-state index in [1.165, 1.54) is 45.1 Å². The van der Waals surface area contributed by atoms with E-state index in [4.69, 9.17) is 0 Å². The lowest BCUT2D eigenvalue weighted by Crippen LogP contribution is -2.55. The molecule has 104 valence electrons. The van der Waals surface area contributed by atoms with Gasteiger partial charge in [0.2, 0.25) is 0 Å². The summed E-state index contributed by atoms with van der Waals surface area (Å²) < 4.78 is 0. The lowest BCUT2D eigenvalue weighted by atomic mass is 9.77. The Morgan fingerprint density at radius 3 is 2.61 bits per heavy atom. The third kappa shape index (κ3) is 2.73. The summed E-state index contributed by atoms with van der Waals surface area (Å²) in [5.74, 6) is 0.929. The van der Waals surface area contributed by atoms with Crippen LogP contribution in [0.2, 0.25) is 0 Å². The van der Waals surface area contributed by atoms with Crippen molar-refractivity contribution in [3.8, 4) is 0 Å². The molecule has 0 amide bonds. The van der Waals surface area contributed by atoms with Crippen LogP contribution in [0.15, 0.2) is 0 Å². The second-order valence-electron chi connectivity index (χ2n) is 6.70. The molecule has 3 heteroatoms. The number of likely N-dealkylation sites (tertiary alicyclic amines) is 1. The van der Waals surface area contributed by atoms with E-state index in [1.807, 2.05) is 0 Å². The summed E-state index contributed by atoms with van der Waals surface area (Å²) in [7, 11) is 0. The second kappa shape index (κ2) is 5.48. The van der Waals surface area contributed by atoms with Gasteiger partial charge in [0.15, 0.2) is 0 Å². The Kier molecular flexibility index (Phi) is 3.92. The minimum Gasteiger partial charge on any atom is -0.388 e. The lowest BCUT2D eigenvalue weighted by molar-refractivity contribution is -0.0530. The van der Waals surface area contributed by atoms with E-state index in [0.29, 0.717) is 0 Å². The normalized spacial score (nSPS) is 37.2. The molecule has 3 fully saturated rings. The number of hydrogen-bond acceptors (Lipinski definition) is 3. The van der Waals surface area contributed by atoms with E-state index in [9.17, 15) is 5.11 Å². The highest BCUT2D eigenvalue weighted by Crippen LogP contribution is 2.36. The average Bonchev–Trinajstić information content (AvgIpc) is 2.40. The molecular formula is C15H28N2O. The summed E-state index contributed by atoms with van der Waals surface area (Å²) in [6, 6.07) is 0.784. The van der Waals surface area contributed by atoms with Crippen LogP contribution in [0.3, 0.4) is 0 Å². The van der Waals surface area contributed by atoms with Crippen LogP contribution in [-0.4, -0.2) is 47.8 Å². The molecule has 3 nitrogen and oxygen atoms in total. The van der Waals surface area contributed by atoms with Crippen molar-refractivity contribution in [1.29, 1.82) is 0 Å².